The molecule has 0 fully saturated rings. The molecule has 0 aliphatic rings. The van der Waals surface area contributed by atoms with Crippen LogP contribution in [0.5, 0.6) is 0 Å². The fourth-order valence-electron chi connectivity index (χ4n) is 7.90. The molecule has 1 nitrogen and oxygen atoms in total. The van der Waals surface area contributed by atoms with Crippen LogP contribution in [-0.2, 0) is 0 Å². The minimum Gasteiger partial charge on any atom is -0.310 e. The van der Waals surface area contributed by atoms with Gasteiger partial charge >= 0.3 is 0 Å². The number of thiophene rings is 3. The van der Waals surface area contributed by atoms with Crippen LogP contribution in [0.25, 0.3) is 82.8 Å². The zero-order valence-corrected chi connectivity index (χ0v) is 30.4. The molecule has 3 heterocycles. The van der Waals surface area contributed by atoms with E-state index in [9.17, 15) is 0 Å². The van der Waals surface area contributed by atoms with Crippen molar-refractivity contribution in [3.63, 3.8) is 0 Å². The fraction of sp³-hybridized carbons (Fsp3) is 0. The van der Waals surface area contributed by atoms with Crippen molar-refractivity contribution >= 4 is 112 Å². The van der Waals surface area contributed by atoms with E-state index < -0.39 is 0 Å². The highest BCUT2D eigenvalue weighted by Gasteiger charge is 2.20. The van der Waals surface area contributed by atoms with Crippen molar-refractivity contribution < 1.29 is 0 Å². The van der Waals surface area contributed by atoms with Gasteiger partial charge in [-0.05, 0) is 95.1 Å². The third-order valence-electron chi connectivity index (χ3n) is 10.3. The molecule has 11 aromatic rings. The summed E-state index contributed by atoms with van der Waals surface area (Å²) < 4.78 is 7.91. The van der Waals surface area contributed by atoms with E-state index in [-0.39, 0.29) is 0 Å². The van der Waals surface area contributed by atoms with Crippen molar-refractivity contribution in [2.24, 2.45) is 0 Å². The van der Waals surface area contributed by atoms with Crippen molar-refractivity contribution in [1.29, 1.82) is 0 Å². The standard InChI is InChI=1S/C48H29NS3/c1-4-17-41-36(12-1)39-29-32(24-27-44(39)50-41)31-10-7-11-34(28-31)49(40-16-9-21-46-48(40)38-14-3-6-19-43(38)52-46)33-25-22-30(23-26-33)35-15-8-20-45-47(35)37-13-2-5-18-42(37)51-45/h1-29H. The van der Waals surface area contributed by atoms with Crippen molar-refractivity contribution in [2.45, 2.75) is 0 Å². The lowest BCUT2D eigenvalue weighted by Crippen LogP contribution is -2.10. The van der Waals surface area contributed by atoms with E-state index in [2.05, 4.69) is 181 Å². The van der Waals surface area contributed by atoms with E-state index in [1.807, 2.05) is 34.0 Å². The second-order valence-corrected chi connectivity index (χ2v) is 16.5. The second kappa shape index (κ2) is 11.9. The first-order valence-electron chi connectivity index (χ1n) is 17.5. The van der Waals surface area contributed by atoms with Crippen molar-refractivity contribution in [1.82, 2.24) is 0 Å². The Hall–Kier alpha value is -5.78. The number of nitrogens with zero attached hydrogens (tertiary/aromatic N) is 1. The lowest BCUT2D eigenvalue weighted by Gasteiger charge is -2.27. The number of hydrogen-bond acceptors (Lipinski definition) is 4. The molecule has 0 saturated heterocycles. The van der Waals surface area contributed by atoms with Gasteiger partial charge in [-0.15, -0.1) is 34.0 Å². The van der Waals surface area contributed by atoms with E-state index in [0.717, 1.165) is 11.4 Å². The van der Waals surface area contributed by atoms with Gasteiger partial charge in [0, 0.05) is 71.9 Å². The molecular formula is C48H29NS3. The Labute approximate surface area is 312 Å². The van der Waals surface area contributed by atoms with Gasteiger partial charge in [0.15, 0.2) is 0 Å². The number of anilines is 3. The summed E-state index contributed by atoms with van der Waals surface area (Å²) in [5, 5.41) is 7.89. The quantitative estimate of drug-likeness (QED) is 0.171. The Bertz CT molecular complexity index is 3140. The van der Waals surface area contributed by atoms with Gasteiger partial charge in [-0.2, -0.15) is 0 Å². The zero-order valence-electron chi connectivity index (χ0n) is 27.9. The molecule has 52 heavy (non-hydrogen) atoms. The smallest absolute Gasteiger partial charge is 0.0554 e. The summed E-state index contributed by atoms with van der Waals surface area (Å²) in [4.78, 5) is 2.45. The Kier molecular flexibility index (Phi) is 6.84. The van der Waals surface area contributed by atoms with Gasteiger partial charge in [0.2, 0.25) is 0 Å². The summed E-state index contributed by atoms with van der Waals surface area (Å²) in [5.41, 5.74) is 8.38. The average molecular weight is 716 g/mol. The first-order chi connectivity index (χ1) is 25.8. The summed E-state index contributed by atoms with van der Waals surface area (Å²) >= 11 is 5.60. The third kappa shape index (κ3) is 4.72. The predicted octanol–water partition coefficient (Wildman–Crippen LogP) is 15.6. The highest BCUT2D eigenvalue weighted by atomic mass is 32.1. The number of hydrogen-bond donors (Lipinski definition) is 0. The van der Waals surface area contributed by atoms with Gasteiger partial charge in [-0.3, -0.25) is 0 Å². The monoisotopic (exact) mass is 715 g/mol. The Morgan fingerprint density at radius 1 is 0.308 bits per heavy atom. The third-order valence-corrected chi connectivity index (χ3v) is 13.7. The molecule has 0 amide bonds. The molecule has 4 heteroatoms. The number of fused-ring (bicyclic) bond motifs is 9. The van der Waals surface area contributed by atoms with Gasteiger partial charge in [-0.25, -0.2) is 0 Å². The lowest BCUT2D eigenvalue weighted by atomic mass is 9.98. The predicted molar refractivity (Wildman–Crippen MR) is 231 cm³/mol. The molecule has 0 bridgehead atoms. The molecule has 3 aromatic heterocycles. The normalized spacial score (nSPS) is 11.8. The molecule has 8 aromatic carbocycles. The van der Waals surface area contributed by atoms with E-state index in [1.54, 1.807) is 0 Å². The first-order valence-corrected chi connectivity index (χ1v) is 19.9. The van der Waals surface area contributed by atoms with Gasteiger partial charge < -0.3 is 4.90 Å². The first kappa shape index (κ1) is 29.9. The highest BCUT2D eigenvalue weighted by Crippen LogP contribution is 2.47. The Morgan fingerprint density at radius 3 is 1.62 bits per heavy atom. The zero-order chi connectivity index (χ0) is 34.2. The minimum atomic E-state index is 1.13. The van der Waals surface area contributed by atoms with Crippen LogP contribution in [0.4, 0.5) is 17.1 Å². The molecule has 0 atom stereocenters. The van der Waals surface area contributed by atoms with E-state index in [0.29, 0.717) is 0 Å². The molecule has 0 aliphatic carbocycles. The van der Waals surface area contributed by atoms with E-state index in [1.165, 1.54) is 88.5 Å². The summed E-state index contributed by atoms with van der Waals surface area (Å²) in [6, 6.07) is 64.9. The number of rotatable bonds is 5. The molecule has 11 rings (SSSR count). The van der Waals surface area contributed by atoms with Crippen LogP contribution in [0.1, 0.15) is 0 Å². The molecule has 0 saturated carbocycles. The average Bonchev–Trinajstić information content (AvgIpc) is 3.90. The van der Waals surface area contributed by atoms with Gasteiger partial charge in [-0.1, -0.05) is 103 Å². The highest BCUT2D eigenvalue weighted by molar-refractivity contribution is 7.26. The molecular weight excluding hydrogens is 687 g/mol. The minimum absolute atomic E-state index is 1.13. The maximum atomic E-state index is 2.45. The van der Waals surface area contributed by atoms with Gasteiger partial charge in [0.1, 0.15) is 0 Å². The van der Waals surface area contributed by atoms with E-state index in [4.69, 9.17) is 0 Å². The maximum absolute atomic E-state index is 2.45. The molecule has 0 aliphatic heterocycles. The van der Waals surface area contributed by atoms with Crippen LogP contribution >= 0.6 is 34.0 Å². The van der Waals surface area contributed by atoms with Crippen LogP contribution < -0.4 is 4.90 Å². The molecule has 0 N–H and O–H groups in total. The summed E-state index contributed by atoms with van der Waals surface area (Å²) in [6.45, 7) is 0. The van der Waals surface area contributed by atoms with E-state index >= 15 is 0 Å². The van der Waals surface area contributed by atoms with Crippen LogP contribution in [0.15, 0.2) is 176 Å². The summed E-state index contributed by atoms with van der Waals surface area (Å²) in [7, 11) is 0. The van der Waals surface area contributed by atoms with Crippen LogP contribution in [0.2, 0.25) is 0 Å². The second-order valence-electron chi connectivity index (χ2n) is 13.3. The fourth-order valence-corrected chi connectivity index (χ4v) is 11.3. The molecule has 244 valence electrons. The molecule has 0 spiro atoms. The van der Waals surface area contributed by atoms with Crippen LogP contribution in [-0.4, -0.2) is 0 Å². The van der Waals surface area contributed by atoms with Crippen molar-refractivity contribution in [2.75, 3.05) is 4.90 Å². The SMILES string of the molecule is c1cc(-c2ccc3sc4ccccc4c3c2)cc(N(c2ccc(-c3cccc4sc5ccccc5c34)cc2)c2cccc3sc4ccccc4c23)c1. The molecule has 0 radical (unpaired) electrons. The van der Waals surface area contributed by atoms with Crippen LogP contribution in [0.3, 0.4) is 0 Å². The van der Waals surface area contributed by atoms with Gasteiger partial charge in [0.25, 0.3) is 0 Å². The summed E-state index contributed by atoms with van der Waals surface area (Å²) in [6.07, 6.45) is 0. The van der Waals surface area contributed by atoms with Gasteiger partial charge in [0.05, 0.1) is 5.69 Å². The molecule has 0 unspecified atom stereocenters. The Morgan fingerprint density at radius 2 is 0.846 bits per heavy atom. The van der Waals surface area contributed by atoms with Crippen LogP contribution in [0, 0.1) is 0 Å². The topological polar surface area (TPSA) is 3.24 Å². The largest absolute Gasteiger partial charge is 0.310 e. The maximum Gasteiger partial charge on any atom is 0.0554 e. The summed E-state index contributed by atoms with van der Waals surface area (Å²) in [5.74, 6) is 0. The number of benzene rings is 8. The Balaban J connectivity index is 1.09. The van der Waals surface area contributed by atoms with Crippen molar-refractivity contribution in [3.8, 4) is 22.3 Å². The van der Waals surface area contributed by atoms with Crippen molar-refractivity contribution in [3.05, 3.63) is 176 Å². The lowest BCUT2D eigenvalue weighted by molar-refractivity contribution is 1.30.